The Hall–Kier alpha value is -3.52. The SMILES string of the molecule is CS(=O)(=O)c1ccc(-c2nnc(NC(=O)Cc3cccc4ccccc34)o2)cc1. The Morgan fingerprint density at radius 2 is 1.69 bits per heavy atom. The van der Waals surface area contributed by atoms with Crippen LogP contribution in [-0.2, 0) is 21.1 Å². The lowest BCUT2D eigenvalue weighted by atomic mass is 10.0. The molecule has 4 rings (SSSR count). The van der Waals surface area contributed by atoms with Gasteiger partial charge in [0.2, 0.25) is 11.8 Å². The number of carbonyl (C=O) groups excluding carboxylic acids is 1. The van der Waals surface area contributed by atoms with Gasteiger partial charge in [0.1, 0.15) is 0 Å². The van der Waals surface area contributed by atoms with E-state index in [9.17, 15) is 13.2 Å². The topological polar surface area (TPSA) is 102 Å². The van der Waals surface area contributed by atoms with Crippen LogP contribution in [0.4, 0.5) is 6.01 Å². The Morgan fingerprint density at radius 1 is 0.966 bits per heavy atom. The molecule has 0 unspecified atom stereocenters. The standard InChI is InChI=1S/C21H17N3O4S/c1-29(26,27)17-11-9-15(10-12-17)20-23-24-21(28-20)22-19(25)13-16-7-4-6-14-5-2-3-8-18(14)16/h2-12H,13H2,1H3,(H,22,24,25). The van der Waals surface area contributed by atoms with Crippen LogP contribution in [0.5, 0.6) is 0 Å². The Balaban J connectivity index is 1.48. The molecule has 1 amide bonds. The van der Waals surface area contributed by atoms with E-state index in [0.29, 0.717) is 5.56 Å². The van der Waals surface area contributed by atoms with E-state index in [1.807, 2.05) is 42.5 Å². The number of sulfone groups is 1. The molecule has 8 heteroatoms. The van der Waals surface area contributed by atoms with Gasteiger partial charge in [-0.3, -0.25) is 10.1 Å². The molecule has 1 N–H and O–H groups in total. The van der Waals surface area contributed by atoms with E-state index < -0.39 is 9.84 Å². The zero-order valence-electron chi connectivity index (χ0n) is 15.5. The van der Waals surface area contributed by atoms with Gasteiger partial charge in [0.25, 0.3) is 0 Å². The highest BCUT2D eigenvalue weighted by atomic mass is 32.2. The number of amides is 1. The minimum atomic E-state index is -3.28. The molecule has 0 spiro atoms. The fraction of sp³-hybridized carbons (Fsp3) is 0.0952. The summed E-state index contributed by atoms with van der Waals surface area (Å²) in [6, 6.07) is 19.7. The van der Waals surface area contributed by atoms with Gasteiger partial charge in [-0.05, 0) is 40.6 Å². The van der Waals surface area contributed by atoms with E-state index in [1.165, 1.54) is 12.1 Å². The van der Waals surface area contributed by atoms with Crippen LogP contribution in [0.2, 0.25) is 0 Å². The van der Waals surface area contributed by atoms with Gasteiger partial charge in [-0.25, -0.2) is 8.42 Å². The summed E-state index contributed by atoms with van der Waals surface area (Å²) in [7, 11) is -3.28. The number of fused-ring (bicyclic) bond motifs is 1. The average Bonchev–Trinajstić information content (AvgIpc) is 3.16. The highest BCUT2D eigenvalue weighted by Crippen LogP contribution is 2.23. The molecule has 0 bridgehead atoms. The summed E-state index contributed by atoms with van der Waals surface area (Å²) in [6.07, 6.45) is 1.31. The number of hydrogen-bond acceptors (Lipinski definition) is 6. The molecule has 0 radical (unpaired) electrons. The van der Waals surface area contributed by atoms with Crippen LogP contribution < -0.4 is 5.32 Å². The third kappa shape index (κ3) is 4.17. The molecule has 0 saturated carbocycles. The van der Waals surface area contributed by atoms with Crippen molar-refractivity contribution in [2.24, 2.45) is 0 Å². The van der Waals surface area contributed by atoms with E-state index in [1.54, 1.807) is 12.1 Å². The van der Waals surface area contributed by atoms with E-state index in [0.717, 1.165) is 22.6 Å². The summed E-state index contributed by atoms with van der Waals surface area (Å²) in [6.45, 7) is 0. The maximum absolute atomic E-state index is 12.4. The van der Waals surface area contributed by atoms with Gasteiger partial charge >= 0.3 is 6.01 Å². The molecule has 29 heavy (non-hydrogen) atoms. The normalized spacial score (nSPS) is 11.5. The highest BCUT2D eigenvalue weighted by molar-refractivity contribution is 7.90. The molecule has 0 fully saturated rings. The minimum absolute atomic E-state index is 0.0163. The largest absolute Gasteiger partial charge is 0.403 e. The van der Waals surface area contributed by atoms with Crippen LogP contribution >= 0.6 is 0 Å². The number of anilines is 1. The molecule has 0 saturated heterocycles. The Bertz CT molecular complexity index is 1290. The van der Waals surface area contributed by atoms with Gasteiger partial charge < -0.3 is 4.42 Å². The summed E-state index contributed by atoms with van der Waals surface area (Å²) in [5.74, 6) is -0.0884. The van der Waals surface area contributed by atoms with E-state index >= 15 is 0 Å². The van der Waals surface area contributed by atoms with Crippen LogP contribution in [0.1, 0.15) is 5.56 Å². The number of hydrogen-bond donors (Lipinski definition) is 1. The molecular formula is C21H17N3O4S. The second-order valence-electron chi connectivity index (χ2n) is 6.57. The molecule has 0 aliphatic heterocycles. The number of carbonyl (C=O) groups is 1. The lowest BCUT2D eigenvalue weighted by Crippen LogP contribution is -2.14. The highest BCUT2D eigenvalue weighted by Gasteiger charge is 2.14. The number of nitrogens with zero attached hydrogens (tertiary/aromatic N) is 2. The number of benzene rings is 3. The van der Waals surface area contributed by atoms with Crippen molar-refractivity contribution in [3.63, 3.8) is 0 Å². The first-order chi connectivity index (χ1) is 13.9. The summed E-state index contributed by atoms with van der Waals surface area (Å²) in [5.41, 5.74) is 1.45. The van der Waals surface area contributed by atoms with Crippen molar-refractivity contribution in [1.82, 2.24) is 10.2 Å². The molecule has 0 aliphatic rings. The number of aromatic nitrogens is 2. The van der Waals surface area contributed by atoms with Crippen LogP contribution in [0, 0.1) is 0 Å². The Labute approximate surface area is 167 Å². The van der Waals surface area contributed by atoms with E-state index in [2.05, 4.69) is 15.5 Å². The predicted molar refractivity (Wildman–Crippen MR) is 109 cm³/mol. The molecule has 7 nitrogen and oxygen atoms in total. The lowest BCUT2D eigenvalue weighted by molar-refractivity contribution is -0.115. The fourth-order valence-electron chi connectivity index (χ4n) is 3.02. The van der Waals surface area contributed by atoms with Crippen LogP contribution in [-0.4, -0.2) is 30.8 Å². The first kappa shape index (κ1) is 18.8. The molecular weight excluding hydrogens is 390 g/mol. The van der Waals surface area contributed by atoms with Gasteiger partial charge in [0, 0.05) is 11.8 Å². The van der Waals surface area contributed by atoms with Gasteiger partial charge in [0.15, 0.2) is 9.84 Å². The van der Waals surface area contributed by atoms with Gasteiger partial charge in [-0.2, -0.15) is 0 Å². The third-order valence-electron chi connectivity index (χ3n) is 4.43. The molecule has 1 heterocycles. The summed E-state index contributed by atoms with van der Waals surface area (Å²) in [5, 5.41) is 12.4. The van der Waals surface area contributed by atoms with Gasteiger partial charge in [-0.15, -0.1) is 5.10 Å². The second-order valence-corrected chi connectivity index (χ2v) is 8.59. The lowest BCUT2D eigenvalue weighted by Gasteiger charge is -2.05. The van der Waals surface area contributed by atoms with Crippen molar-refractivity contribution in [1.29, 1.82) is 0 Å². The maximum atomic E-state index is 12.4. The smallest absolute Gasteiger partial charge is 0.322 e. The van der Waals surface area contributed by atoms with Crippen molar-refractivity contribution in [2.45, 2.75) is 11.3 Å². The molecule has 4 aromatic rings. The summed E-state index contributed by atoms with van der Waals surface area (Å²) >= 11 is 0. The quantitative estimate of drug-likeness (QED) is 0.543. The summed E-state index contributed by atoms with van der Waals surface area (Å²) < 4.78 is 28.6. The van der Waals surface area contributed by atoms with E-state index in [4.69, 9.17) is 4.42 Å². The van der Waals surface area contributed by atoms with Crippen LogP contribution in [0.15, 0.2) is 76.0 Å². The predicted octanol–water partition coefficient (Wildman–Crippen LogP) is 3.47. The van der Waals surface area contributed by atoms with Crippen molar-refractivity contribution >= 4 is 32.5 Å². The first-order valence-electron chi connectivity index (χ1n) is 8.81. The number of nitrogens with one attached hydrogen (secondary N) is 1. The van der Waals surface area contributed by atoms with Crippen molar-refractivity contribution < 1.29 is 17.6 Å². The Kier molecular flexibility index (Phi) is 4.85. The summed E-state index contributed by atoms with van der Waals surface area (Å²) in [4.78, 5) is 12.6. The zero-order chi connectivity index (χ0) is 20.4. The fourth-order valence-corrected chi connectivity index (χ4v) is 3.65. The molecule has 0 aliphatic carbocycles. The van der Waals surface area contributed by atoms with E-state index in [-0.39, 0.29) is 29.1 Å². The average molecular weight is 407 g/mol. The molecule has 146 valence electrons. The van der Waals surface area contributed by atoms with Crippen molar-refractivity contribution in [3.8, 4) is 11.5 Å². The zero-order valence-corrected chi connectivity index (χ0v) is 16.3. The molecule has 1 aromatic heterocycles. The van der Waals surface area contributed by atoms with Gasteiger partial charge in [-0.1, -0.05) is 47.6 Å². The number of rotatable bonds is 5. The molecule has 3 aromatic carbocycles. The Morgan fingerprint density at radius 3 is 2.45 bits per heavy atom. The maximum Gasteiger partial charge on any atom is 0.322 e. The van der Waals surface area contributed by atoms with Gasteiger partial charge in [0.05, 0.1) is 11.3 Å². The van der Waals surface area contributed by atoms with Crippen LogP contribution in [0.25, 0.3) is 22.2 Å². The van der Waals surface area contributed by atoms with Crippen LogP contribution in [0.3, 0.4) is 0 Å². The van der Waals surface area contributed by atoms with Crippen molar-refractivity contribution in [3.05, 3.63) is 72.3 Å². The monoisotopic (exact) mass is 407 g/mol. The first-order valence-corrected chi connectivity index (χ1v) is 10.7. The third-order valence-corrected chi connectivity index (χ3v) is 5.56. The molecule has 0 atom stereocenters. The van der Waals surface area contributed by atoms with Crippen molar-refractivity contribution in [2.75, 3.05) is 11.6 Å². The minimum Gasteiger partial charge on any atom is -0.403 e. The second kappa shape index (κ2) is 7.48.